The van der Waals surface area contributed by atoms with Crippen LogP contribution in [0.4, 0.5) is 0 Å². The van der Waals surface area contributed by atoms with E-state index in [9.17, 15) is 8.42 Å². The topological polar surface area (TPSA) is 58.2 Å². The van der Waals surface area contributed by atoms with E-state index < -0.39 is 10.0 Å². The smallest absolute Gasteiger partial charge is 0.213 e. The van der Waals surface area contributed by atoms with Gasteiger partial charge < -0.3 is 5.32 Å². The van der Waals surface area contributed by atoms with E-state index in [1.807, 2.05) is 51.1 Å². The number of hydrogen-bond donors (Lipinski definition) is 2. The summed E-state index contributed by atoms with van der Waals surface area (Å²) in [6.45, 7) is 6.10. The van der Waals surface area contributed by atoms with Gasteiger partial charge in [-0.1, -0.05) is 30.3 Å². The molecule has 102 valence electrons. The van der Waals surface area contributed by atoms with Crippen molar-refractivity contribution in [1.29, 1.82) is 0 Å². The van der Waals surface area contributed by atoms with E-state index in [-0.39, 0.29) is 17.8 Å². The quantitative estimate of drug-likeness (QED) is 0.792. The van der Waals surface area contributed by atoms with Gasteiger partial charge in [-0.05, 0) is 26.3 Å². The zero-order valence-corrected chi connectivity index (χ0v) is 12.0. The van der Waals surface area contributed by atoms with Crippen molar-refractivity contribution < 1.29 is 8.42 Å². The summed E-state index contributed by atoms with van der Waals surface area (Å²) in [5, 5.41) is 3.21. The Labute approximate surface area is 110 Å². The molecule has 2 N–H and O–H groups in total. The fraction of sp³-hybridized carbons (Fsp3) is 0.538. The maximum atomic E-state index is 11.6. The van der Waals surface area contributed by atoms with Crippen LogP contribution in [0.2, 0.25) is 0 Å². The van der Waals surface area contributed by atoms with Crippen molar-refractivity contribution in [3.63, 3.8) is 0 Å². The minimum Gasteiger partial charge on any atom is -0.309 e. The van der Waals surface area contributed by atoms with E-state index in [0.717, 1.165) is 5.56 Å². The SMILES string of the molecule is CC(C)NS(=O)(=O)CCN[C@@H](C)c1ccccc1. The Hall–Kier alpha value is -0.910. The number of hydrogen-bond acceptors (Lipinski definition) is 3. The largest absolute Gasteiger partial charge is 0.309 e. The van der Waals surface area contributed by atoms with Crippen LogP contribution in [0.25, 0.3) is 0 Å². The number of nitrogens with one attached hydrogen (secondary N) is 2. The molecule has 0 heterocycles. The van der Waals surface area contributed by atoms with Crippen molar-refractivity contribution >= 4 is 10.0 Å². The third-order valence-electron chi connectivity index (χ3n) is 2.54. The maximum Gasteiger partial charge on any atom is 0.213 e. The predicted molar refractivity (Wildman–Crippen MR) is 74.9 cm³/mol. The molecule has 0 aliphatic heterocycles. The summed E-state index contributed by atoms with van der Waals surface area (Å²) >= 11 is 0. The predicted octanol–water partition coefficient (Wildman–Crippen LogP) is 1.66. The van der Waals surface area contributed by atoms with Gasteiger partial charge in [0.1, 0.15) is 0 Å². The molecule has 0 aliphatic carbocycles. The van der Waals surface area contributed by atoms with Gasteiger partial charge in [-0.15, -0.1) is 0 Å². The average molecular weight is 270 g/mol. The Morgan fingerprint density at radius 1 is 1.11 bits per heavy atom. The Kier molecular flexibility index (Phi) is 5.78. The highest BCUT2D eigenvalue weighted by atomic mass is 32.2. The molecule has 0 saturated heterocycles. The van der Waals surface area contributed by atoms with Crippen LogP contribution in [0.1, 0.15) is 32.4 Å². The first kappa shape index (κ1) is 15.1. The molecule has 1 aromatic rings. The monoisotopic (exact) mass is 270 g/mol. The molecule has 0 saturated carbocycles. The molecule has 5 heteroatoms. The minimum atomic E-state index is -3.17. The number of rotatable bonds is 7. The zero-order chi connectivity index (χ0) is 13.6. The second kappa shape index (κ2) is 6.87. The summed E-state index contributed by atoms with van der Waals surface area (Å²) in [5.74, 6) is 0.0996. The summed E-state index contributed by atoms with van der Waals surface area (Å²) in [7, 11) is -3.17. The van der Waals surface area contributed by atoms with Crippen molar-refractivity contribution in [2.75, 3.05) is 12.3 Å². The van der Waals surface area contributed by atoms with Gasteiger partial charge in [0, 0.05) is 18.6 Å². The molecule has 0 radical (unpaired) electrons. The molecular formula is C13H22N2O2S. The zero-order valence-electron chi connectivity index (χ0n) is 11.2. The first-order chi connectivity index (χ1) is 8.41. The highest BCUT2D eigenvalue weighted by Crippen LogP contribution is 2.10. The normalized spacial score (nSPS) is 13.8. The molecule has 0 fully saturated rings. The second-order valence-electron chi connectivity index (χ2n) is 4.68. The van der Waals surface area contributed by atoms with Gasteiger partial charge in [0.25, 0.3) is 0 Å². The van der Waals surface area contributed by atoms with Crippen molar-refractivity contribution in [3.8, 4) is 0 Å². The molecule has 0 spiro atoms. The molecule has 0 aliphatic rings. The van der Waals surface area contributed by atoms with E-state index in [1.165, 1.54) is 0 Å². The molecule has 4 nitrogen and oxygen atoms in total. The average Bonchev–Trinajstić information content (AvgIpc) is 2.28. The first-order valence-electron chi connectivity index (χ1n) is 6.19. The molecule has 1 atom stereocenters. The number of sulfonamides is 1. The van der Waals surface area contributed by atoms with Crippen LogP contribution in [-0.4, -0.2) is 26.8 Å². The fourth-order valence-corrected chi connectivity index (χ4v) is 2.91. The van der Waals surface area contributed by atoms with E-state index in [2.05, 4.69) is 10.0 Å². The van der Waals surface area contributed by atoms with Gasteiger partial charge in [-0.2, -0.15) is 0 Å². The molecule has 0 aromatic heterocycles. The lowest BCUT2D eigenvalue weighted by atomic mass is 10.1. The summed E-state index contributed by atoms with van der Waals surface area (Å²) in [6.07, 6.45) is 0. The van der Waals surface area contributed by atoms with Gasteiger partial charge in [0.15, 0.2) is 0 Å². The van der Waals surface area contributed by atoms with Crippen LogP contribution in [0, 0.1) is 0 Å². The lowest BCUT2D eigenvalue weighted by Gasteiger charge is -2.15. The summed E-state index contributed by atoms with van der Waals surface area (Å²) < 4.78 is 25.8. The Morgan fingerprint density at radius 3 is 2.28 bits per heavy atom. The molecular weight excluding hydrogens is 248 g/mol. The van der Waals surface area contributed by atoms with Gasteiger partial charge in [0.05, 0.1) is 5.75 Å². The van der Waals surface area contributed by atoms with Crippen LogP contribution in [0.3, 0.4) is 0 Å². The van der Waals surface area contributed by atoms with E-state index in [0.29, 0.717) is 6.54 Å². The lowest BCUT2D eigenvalue weighted by molar-refractivity contribution is 0.554. The Bertz CT molecular complexity index is 443. The molecule has 1 aromatic carbocycles. The van der Waals surface area contributed by atoms with Crippen LogP contribution < -0.4 is 10.0 Å². The third kappa shape index (κ3) is 5.62. The van der Waals surface area contributed by atoms with Gasteiger partial charge in [0.2, 0.25) is 10.0 Å². The van der Waals surface area contributed by atoms with Crippen molar-refractivity contribution in [2.45, 2.75) is 32.9 Å². The molecule has 0 amide bonds. The second-order valence-corrected chi connectivity index (χ2v) is 6.55. The Balaban J connectivity index is 2.38. The third-order valence-corrected chi connectivity index (χ3v) is 4.11. The molecule has 18 heavy (non-hydrogen) atoms. The summed E-state index contributed by atoms with van der Waals surface area (Å²) in [4.78, 5) is 0. The van der Waals surface area contributed by atoms with Crippen LogP contribution in [0.5, 0.6) is 0 Å². The number of benzene rings is 1. The molecule has 1 rings (SSSR count). The van der Waals surface area contributed by atoms with E-state index in [4.69, 9.17) is 0 Å². The first-order valence-corrected chi connectivity index (χ1v) is 7.84. The van der Waals surface area contributed by atoms with Crippen LogP contribution in [-0.2, 0) is 10.0 Å². The van der Waals surface area contributed by atoms with E-state index >= 15 is 0 Å². The Morgan fingerprint density at radius 2 is 1.72 bits per heavy atom. The fourth-order valence-electron chi connectivity index (χ4n) is 1.69. The highest BCUT2D eigenvalue weighted by molar-refractivity contribution is 7.89. The van der Waals surface area contributed by atoms with Crippen LogP contribution in [0.15, 0.2) is 30.3 Å². The summed E-state index contributed by atoms with van der Waals surface area (Å²) in [5.41, 5.74) is 1.16. The standard InChI is InChI=1S/C13H22N2O2S/c1-11(2)15-18(16,17)10-9-14-12(3)13-7-5-4-6-8-13/h4-8,11-12,14-15H,9-10H2,1-3H3/t12-/m0/s1. The maximum absolute atomic E-state index is 11.6. The van der Waals surface area contributed by atoms with Gasteiger partial charge in [-0.3, -0.25) is 0 Å². The van der Waals surface area contributed by atoms with Gasteiger partial charge >= 0.3 is 0 Å². The van der Waals surface area contributed by atoms with Crippen molar-refractivity contribution in [1.82, 2.24) is 10.0 Å². The van der Waals surface area contributed by atoms with E-state index in [1.54, 1.807) is 0 Å². The van der Waals surface area contributed by atoms with Crippen molar-refractivity contribution in [2.24, 2.45) is 0 Å². The lowest BCUT2D eigenvalue weighted by Crippen LogP contribution is -2.36. The van der Waals surface area contributed by atoms with Gasteiger partial charge in [-0.25, -0.2) is 13.1 Å². The van der Waals surface area contributed by atoms with Crippen LogP contribution >= 0.6 is 0 Å². The van der Waals surface area contributed by atoms with Crippen molar-refractivity contribution in [3.05, 3.63) is 35.9 Å². The molecule has 0 unspecified atom stereocenters. The highest BCUT2D eigenvalue weighted by Gasteiger charge is 2.12. The molecule has 0 bridgehead atoms. The minimum absolute atomic E-state index is 0.0541. The summed E-state index contributed by atoms with van der Waals surface area (Å²) in [6, 6.07) is 10.1.